The number of carbonyl (C=O) groups is 1. The van der Waals surface area contributed by atoms with Crippen LogP contribution in [0.5, 0.6) is 5.75 Å². The van der Waals surface area contributed by atoms with Gasteiger partial charge in [0.1, 0.15) is 11.4 Å². The van der Waals surface area contributed by atoms with Crippen molar-refractivity contribution in [2.45, 2.75) is 32.2 Å². The SMILES string of the molecule is C=C(C#N)CNc1c(OC)ccc2ccc(-c3ccc(N)c(C=O)n3)cc12.CC1CCCCN1C.CN. The molecule has 3 aromatic rings. The molecular weight excluding hydrogens is 464 g/mol. The third-order valence-electron chi connectivity index (χ3n) is 6.34. The van der Waals surface area contributed by atoms with Gasteiger partial charge < -0.3 is 26.4 Å². The Morgan fingerprint density at radius 2 is 2.00 bits per heavy atom. The number of anilines is 2. The van der Waals surface area contributed by atoms with E-state index in [9.17, 15) is 4.79 Å². The molecule has 0 aliphatic carbocycles. The maximum Gasteiger partial charge on any atom is 0.170 e. The molecule has 8 nitrogen and oxygen atoms in total. The lowest BCUT2D eigenvalue weighted by Gasteiger charge is -2.29. The first-order valence-electron chi connectivity index (χ1n) is 12.3. The highest BCUT2D eigenvalue weighted by molar-refractivity contribution is 5.99. The van der Waals surface area contributed by atoms with Crippen LogP contribution in [-0.4, -0.2) is 56.5 Å². The molecule has 1 aliphatic rings. The van der Waals surface area contributed by atoms with Gasteiger partial charge in [0.05, 0.1) is 30.2 Å². The van der Waals surface area contributed by atoms with Gasteiger partial charge in [-0.15, -0.1) is 0 Å². The van der Waals surface area contributed by atoms with Gasteiger partial charge in [-0.3, -0.25) is 4.79 Å². The molecule has 1 atom stereocenters. The van der Waals surface area contributed by atoms with Crippen molar-refractivity contribution in [1.29, 1.82) is 5.26 Å². The minimum absolute atomic E-state index is 0.210. The largest absolute Gasteiger partial charge is 0.495 e. The second kappa shape index (κ2) is 14.6. The summed E-state index contributed by atoms with van der Waals surface area (Å²) in [5.74, 6) is 0.657. The lowest BCUT2D eigenvalue weighted by atomic mass is 10.0. The maximum atomic E-state index is 11.1. The van der Waals surface area contributed by atoms with Gasteiger partial charge in [0.25, 0.3) is 0 Å². The molecule has 0 saturated carbocycles. The second-order valence-electron chi connectivity index (χ2n) is 8.76. The fraction of sp³-hybridized carbons (Fsp3) is 0.345. The van der Waals surface area contributed by atoms with Crippen LogP contribution in [0.25, 0.3) is 22.0 Å². The molecule has 0 bridgehead atoms. The first-order chi connectivity index (χ1) is 17.9. The molecule has 37 heavy (non-hydrogen) atoms. The number of likely N-dealkylation sites (tertiary alicyclic amines) is 1. The predicted molar refractivity (Wildman–Crippen MR) is 153 cm³/mol. The summed E-state index contributed by atoms with van der Waals surface area (Å²) in [6.45, 7) is 7.62. The summed E-state index contributed by atoms with van der Waals surface area (Å²) in [6.07, 6.45) is 4.88. The zero-order valence-corrected chi connectivity index (χ0v) is 22.3. The number of piperidine rings is 1. The van der Waals surface area contributed by atoms with E-state index in [0.29, 0.717) is 35.5 Å². The monoisotopic (exact) mass is 502 g/mol. The maximum absolute atomic E-state index is 11.1. The molecule has 1 aromatic heterocycles. The number of nitrogens with one attached hydrogen (secondary N) is 1. The topological polar surface area (TPSA) is 130 Å². The fourth-order valence-corrected chi connectivity index (χ4v) is 4.03. The number of rotatable bonds is 6. The van der Waals surface area contributed by atoms with Gasteiger partial charge in [-0.2, -0.15) is 5.26 Å². The minimum atomic E-state index is 0.210. The number of nitrogens with zero attached hydrogens (tertiary/aromatic N) is 3. The molecule has 1 saturated heterocycles. The van der Waals surface area contributed by atoms with E-state index in [1.54, 1.807) is 19.2 Å². The molecule has 2 heterocycles. The number of ether oxygens (including phenoxy) is 1. The summed E-state index contributed by atoms with van der Waals surface area (Å²) >= 11 is 0. The number of nitrogen functional groups attached to an aromatic ring is 1. The Morgan fingerprint density at radius 1 is 1.27 bits per heavy atom. The molecule has 196 valence electrons. The first-order valence-corrected chi connectivity index (χ1v) is 12.3. The number of benzene rings is 2. The van der Waals surface area contributed by atoms with Crippen molar-refractivity contribution in [2.24, 2.45) is 5.73 Å². The highest BCUT2D eigenvalue weighted by Crippen LogP contribution is 2.35. The number of hydrogen-bond donors (Lipinski definition) is 3. The number of aldehydes is 1. The molecule has 0 spiro atoms. The Labute approximate surface area is 219 Å². The molecule has 2 aromatic carbocycles. The smallest absolute Gasteiger partial charge is 0.170 e. The number of fused-ring (bicyclic) bond motifs is 1. The van der Waals surface area contributed by atoms with Crippen LogP contribution in [0.2, 0.25) is 0 Å². The molecule has 1 aliphatic heterocycles. The van der Waals surface area contributed by atoms with Gasteiger partial charge in [-0.05, 0) is 70.1 Å². The molecule has 1 fully saturated rings. The van der Waals surface area contributed by atoms with Crippen molar-refractivity contribution in [1.82, 2.24) is 9.88 Å². The lowest BCUT2D eigenvalue weighted by Crippen LogP contribution is -2.33. The fourth-order valence-electron chi connectivity index (χ4n) is 4.03. The summed E-state index contributed by atoms with van der Waals surface area (Å²) in [5.41, 5.74) is 13.5. The van der Waals surface area contributed by atoms with E-state index in [1.807, 2.05) is 36.4 Å². The highest BCUT2D eigenvalue weighted by atomic mass is 16.5. The number of pyridine rings is 1. The van der Waals surface area contributed by atoms with Crippen LogP contribution < -0.4 is 21.5 Å². The summed E-state index contributed by atoms with van der Waals surface area (Å²) in [4.78, 5) is 17.9. The van der Waals surface area contributed by atoms with E-state index in [2.05, 4.69) is 41.5 Å². The van der Waals surface area contributed by atoms with E-state index in [0.717, 1.165) is 28.1 Å². The van der Waals surface area contributed by atoms with Gasteiger partial charge in [0, 0.05) is 29.1 Å². The van der Waals surface area contributed by atoms with Crippen molar-refractivity contribution in [3.05, 3.63) is 60.3 Å². The summed E-state index contributed by atoms with van der Waals surface area (Å²) < 4.78 is 5.46. The van der Waals surface area contributed by atoms with E-state index in [4.69, 9.17) is 15.7 Å². The number of nitrogens with two attached hydrogens (primary N) is 2. The summed E-state index contributed by atoms with van der Waals surface area (Å²) in [5, 5.41) is 14.1. The first kappa shape index (κ1) is 29.3. The van der Waals surface area contributed by atoms with E-state index in [1.165, 1.54) is 32.9 Å². The van der Waals surface area contributed by atoms with E-state index in [-0.39, 0.29) is 5.69 Å². The summed E-state index contributed by atoms with van der Waals surface area (Å²) in [7, 11) is 5.30. The molecule has 1 unspecified atom stereocenters. The Bertz CT molecular complexity index is 1240. The average Bonchev–Trinajstić information content (AvgIpc) is 2.94. The summed E-state index contributed by atoms with van der Waals surface area (Å²) in [6, 6.07) is 16.0. The van der Waals surface area contributed by atoms with Gasteiger partial charge in [0.15, 0.2) is 6.29 Å². The number of aromatic nitrogens is 1. The quantitative estimate of drug-likeness (QED) is 0.322. The molecule has 8 heteroatoms. The zero-order chi connectivity index (χ0) is 27.4. The van der Waals surface area contributed by atoms with Gasteiger partial charge in [-0.25, -0.2) is 4.98 Å². The zero-order valence-electron chi connectivity index (χ0n) is 22.3. The predicted octanol–water partition coefficient (Wildman–Crippen LogP) is 4.86. The average molecular weight is 503 g/mol. The van der Waals surface area contributed by atoms with Gasteiger partial charge in [-0.1, -0.05) is 31.2 Å². The van der Waals surface area contributed by atoms with Crippen molar-refractivity contribution in [3.63, 3.8) is 0 Å². The molecule has 4 rings (SSSR count). The number of methoxy groups -OCH3 is 1. The van der Waals surface area contributed by atoms with Crippen molar-refractivity contribution in [3.8, 4) is 23.1 Å². The number of carbonyl (C=O) groups excluding carboxylic acids is 1. The van der Waals surface area contributed by atoms with Crippen LogP contribution in [0.3, 0.4) is 0 Å². The highest BCUT2D eigenvalue weighted by Gasteiger charge is 2.13. The second-order valence-corrected chi connectivity index (χ2v) is 8.76. The van der Waals surface area contributed by atoms with Crippen LogP contribution in [0, 0.1) is 11.3 Å². The van der Waals surface area contributed by atoms with Crippen LogP contribution in [-0.2, 0) is 0 Å². The Balaban J connectivity index is 0.000000406. The molecule has 5 N–H and O–H groups in total. The van der Waals surface area contributed by atoms with Crippen molar-refractivity contribution >= 4 is 28.4 Å². The number of nitriles is 1. The van der Waals surface area contributed by atoms with E-state index < -0.39 is 0 Å². The van der Waals surface area contributed by atoms with Crippen LogP contribution in [0.15, 0.2) is 54.6 Å². The van der Waals surface area contributed by atoms with Crippen LogP contribution in [0.1, 0.15) is 36.7 Å². The Kier molecular flexibility index (Phi) is 11.6. The van der Waals surface area contributed by atoms with Gasteiger partial charge >= 0.3 is 0 Å². The molecule has 0 radical (unpaired) electrons. The number of hydrogen-bond acceptors (Lipinski definition) is 8. The Morgan fingerprint density at radius 3 is 2.59 bits per heavy atom. The van der Waals surface area contributed by atoms with Gasteiger partial charge in [0.2, 0.25) is 0 Å². The van der Waals surface area contributed by atoms with E-state index >= 15 is 0 Å². The minimum Gasteiger partial charge on any atom is -0.495 e. The molecule has 0 amide bonds. The normalized spacial score (nSPS) is 14.8. The third kappa shape index (κ3) is 7.78. The van der Waals surface area contributed by atoms with Crippen LogP contribution >= 0.6 is 0 Å². The third-order valence-corrected chi connectivity index (χ3v) is 6.34. The molecular formula is C29H38N6O2. The Hall–Kier alpha value is -3.93. The van der Waals surface area contributed by atoms with Crippen molar-refractivity contribution < 1.29 is 9.53 Å². The standard InChI is InChI=1S/C21H18N4O2.C7H15N.CH5N/c1-13(10-22)11-24-21-16-9-15(4-3-14(16)5-8-20(21)27-2)18-7-6-17(23)19(12-26)25-18;1-7-5-3-4-6-8(7)2;1-2/h3-9,12,24H,1,11,23H2,2H3;7H,3-6H2,1-2H3;2H2,1H3. The van der Waals surface area contributed by atoms with Crippen LogP contribution in [0.4, 0.5) is 11.4 Å². The van der Waals surface area contributed by atoms with Crippen molar-refractivity contribution in [2.75, 3.05) is 45.3 Å². The lowest BCUT2D eigenvalue weighted by molar-refractivity contribution is 0.112.